The van der Waals surface area contributed by atoms with Gasteiger partial charge in [0.15, 0.2) is 5.78 Å². The van der Waals surface area contributed by atoms with Crippen molar-refractivity contribution in [2.45, 2.75) is 4.90 Å². The van der Waals surface area contributed by atoms with Crippen molar-refractivity contribution in [1.29, 1.82) is 0 Å². The zero-order chi connectivity index (χ0) is 14.8. The van der Waals surface area contributed by atoms with Gasteiger partial charge in [0.1, 0.15) is 10.6 Å². The second-order valence-electron chi connectivity index (χ2n) is 3.69. The van der Waals surface area contributed by atoms with E-state index < -0.39 is 10.1 Å². The largest absolute Gasteiger partial charge is 0.360 e. The molecule has 0 radical (unpaired) electrons. The van der Waals surface area contributed by atoms with Gasteiger partial charge in [0.2, 0.25) is 0 Å². The van der Waals surface area contributed by atoms with Gasteiger partial charge in [0.05, 0.1) is 5.02 Å². The van der Waals surface area contributed by atoms with Gasteiger partial charge in [-0.05, 0) is 42.5 Å². The van der Waals surface area contributed by atoms with Crippen LogP contribution in [0.3, 0.4) is 0 Å². The first kappa shape index (κ1) is 14.8. The number of carbonyl (C=O) groups excluding carboxylic acids is 1. The lowest BCUT2D eigenvalue weighted by Gasteiger charge is -2.05. The van der Waals surface area contributed by atoms with Crippen LogP contribution in [0.15, 0.2) is 52.6 Å². The number of hydrogen-bond donors (Lipinski definition) is 0. The third kappa shape index (κ3) is 3.47. The van der Waals surface area contributed by atoms with Crippen LogP contribution in [0.1, 0.15) is 0 Å². The number of hydrogen-bond acceptors (Lipinski definition) is 5. The highest BCUT2D eigenvalue weighted by Crippen LogP contribution is 2.26. The molecule has 0 atom stereocenters. The number of carbonyl (C=O) groups is 1. The van der Waals surface area contributed by atoms with E-state index in [4.69, 9.17) is 23.2 Å². The van der Waals surface area contributed by atoms with Crippen molar-refractivity contribution in [2.75, 3.05) is 0 Å². The van der Waals surface area contributed by atoms with E-state index in [0.717, 1.165) is 6.07 Å². The topological polar surface area (TPSA) is 72.8 Å². The second-order valence-corrected chi connectivity index (χ2v) is 6.03. The molecule has 104 valence electrons. The predicted octanol–water partition coefficient (Wildman–Crippen LogP) is 2.75. The molecule has 5 nitrogen and oxygen atoms in total. The summed E-state index contributed by atoms with van der Waals surface area (Å²) in [5.74, 6) is -0.218. The van der Waals surface area contributed by atoms with Crippen LogP contribution in [0.25, 0.3) is 0 Å². The molecule has 0 unspecified atom stereocenters. The quantitative estimate of drug-likeness (QED) is 0.630. The average Bonchev–Trinajstić information content (AvgIpc) is 2.41. The van der Waals surface area contributed by atoms with Crippen molar-refractivity contribution in [3.63, 3.8) is 0 Å². The Kier molecular flexibility index (Phi) is 4.27. The summed E-state index contributed by atoms with van der Waals surface area (Å²) < 4.78 is 28.4. The van der Waals surface area contributed by atoms with E-state index in [0.29, 0.717) is 0 Å². The summed E-state index contributed by atoms with van der Waals surface area (Å²) in [4.78, 5) is 10.6. The van der Waals surface area contributed by atoms with Gasteiger partial charge < -0.3 is 0 Å². The third-order valence-corrected chi connectivity index (χ3v) is 4.06. The van der Waals surface area contributed by atoms with Gasteiger partial charge in [0, 0.05) is 5.02 Å². The lowest BCUT2D eigenvalue weighted by atomic mass is 10.2. The maximum Gasteiger partial charge on any atom is 0.360 e. The summed E-state index contributed by atoms with van der Waals surface area (Å²) >= 11 is 11.5. The lowest BCUT2D eigenvalue weighted by molar-refractivity contribution is -0.110. The molecule has 0 N–H and O–H groups in total. The molecule has 1 aliphatic rings. The van der Waals surface area contributed by atoms with E-state index in [1.54, 1.807) is 0 Å². The molecule has 0 aliphatic heterocycles. The number of ketones is 1. The lowest BCUT2D eigenvalue weighted by Crippen LogP contribution is -2.06. The minimum absolute atomic E-state index is 0.0282. The smallest absolute Gasteiger partial charge is 0.290 e. The molecule has 20 heavy (non-hydrogen) atoms. The maximum absolute atomic E-state index is 11.9. The first-order chi connectivity index (χ1) is 9.38. The maximum atomic E-state index is 11.9. The SMILES string of the molecule is O=C1C=CC(=NOS(=O)(=O)c2cc(Cl)ccc2Cl)C=C1. The van der Waals surface area contributed by atoms with E-state index in [1.807, 2.05) is 0 Å². The monoisotopic (exact) mass is 331 g/mol. The molecule has 0 aromatic heterocycles. The normalized spacial score (nSPS) is 14.5. The minimum Gasteiger partial charge on any atom is -0.290 e. The van der Waals surface area contributed by atoms with Gasteiger partial charge in [-0.15, -0.1) is 0 Å². The number of benzene rings is 1. The fourth-order valence-corrected chi connectivity index (χ4v) is 2.79. The minimum atomic E-state index is -4.18. The molecule has 0 fully saturated rings. The van der Waals surface area contributed by atoms with E-state index >= 15 is 0 Å². The summed E-state index contributed by atoms with van der Waals surface area (Å²) in [6.45, 7) is 0. The first-order valence-electron chi connectivity index (χ1n) is 5.25. The molecule has 0 amide bonds. The van der Waals surface area contributed by atoms with Crippen LogP contribution in [0.4, 0.5) is 0 Å². The highest BCUT2D eigenvalue weighted by Gasteiger charge is 2.20. The Balaban J connectivity index is 2.26. The van der Waals surface area contributed by atoms with Crippen molar-refractivity contribution in [3.05, 3.63) is 52.5 Å². The van der Waals surface area contributed by atoms with Gasteiger partial charge >= 0.3 is 10.1 Å². The van der Waals surface area contributed by atoms with Gasteiger partial charge in [-0.2, -0.15) is 8.42 Å². The number of allylic oxidation sites excluding steroid dienone is 4. The van der Waals surface area contributed by atoms with Crippen LogP contribution >= 0.6 is 23.2 Å². The number of halogens is 2. The third-order valence-electron chi connectivity index (χ3n) is 2.24. The van der Waals surface area contributed by atoms with E-state index in [2.05, 4.69) is 9.44 Å². The standard InChI is InChI=1S/C12H7Cl2NO4S/c13-8-1-6-11(14)12(7-8)20(17,18)19-15-9-2-4-10(16)5-3-9/h1-7H. The Bertz CT molecular complexity index is 733. The molecule has 0 bridgehead atoms. The summed E-state index contributed by atoms with van der Waals surface area (Å²) in [6.07, 6.45) is 5.14. The Morgan fingerprint density at radius 1 is 1.05 bits per heavy atom. The van der Waals surface area contributed by atoms with Gasteiger partial charge in [-0.1, -0.05) is 28.4 Å². The Morgan fingerprint density at radius 3 is 2.35 bits per heavy atom. The second kappa shape index (κ2) is 5.78. The predicted molar refractivity (Wildman–Crippen MR) is 75.5 cm³/mol. The molecule has 1 aromatic carbocycles. The fraction of sp³-hybridized carbons (Fsp3) is 0. The van der Waals surface area contributed by atoms with Crippen LogP contribution in [0.2, 0.25) is 10.0 Å². The molecular weight excluding hydrogens is 325 g/mol. The van der Waals surface area contributed by atoms with Crippen molar-refractivity contribution >= 4 is 44.8 Å². The van der Waals surface area contributed by atoms with Crippen molar-refractivity contribution < 1.29 is 17.5 Å². The molecule has 0 spiro atoms. The van der Waals surface area contributed by atoms with Gasteiger partial charge in [-0.3, -0.25) is 9.08 Å². The van der Waals surface area contributed by atoms with Gasteiger partial charge in [-0.25, -0.2) is 0 Å². The number of oxime groups is 1. The van der Waals surface area contributed by atoms with Crippen LogP contribution in [0.5, 0.6) is 0 Å². The Hall–Kier alpha value is -1.63. The molecule has 1 aliphatic carbocycles. The van der Waals surface area contributed by atoms with E-state index in [9.17, 15) is 13.2 Å². The van der Waals surface area contributed by atoms with Crippen LogP contribution in [0, 0.1) is 0 Å². The van der Waals surface area contributed by atoms with Crippen molar-refractivity contribution in [3.8, 4) is 0 Å². The van der Waals surface area contributed by atoms with Crippen LogP contribution < -0.4 is 0 Å². The fourth-order valence-electron chi connectivity index (χ4n) is 1.31. The molecule has 2 rings (SSSR count). The molecular formula is C12H7Cl2NO4S. The zero-order valence-electron chi connectivity index (χ0n) is 9.79. The van der Waals surface area contributed by atoms with E-state index in [-0.39, 0.29) is 26.4 Å². The summed E-state index contributed by atoms with van der Waals surface area (Å²) in [5.41, 5.74) is 0.186. The van der Waals surface area contributed by atoms with Crippen molar-refractivity contribution in [2.24, 2.45) is 5.16 Å². The van der Waals surface area contributed by atoms with Crippen LogP contribution in [-0.4, -0.2) is 19.9 Å². The molecule has 0 heterocycles. The van der Waals surface area contributed by atoms with Crippen LogP contribution in [-0.2, 0) is 19.2 Å². The molecule has 0 saturated carbocycles. The number of rotatable bonds is 3. The summed E-state index contributed by atoms with van der Waals surface area (Å²) in [7, 11) is -4.18. The summed E-state index contributed by atoms with van der Waals surface area (Å²) in [5, 5.41) is 3.61. The van der Waals surface area contributed by atoms with Crippen molar-refractivity contribution in [1.82, 2.24) is 0 Å². The zero-order valence-corrected chi connectivity index (χ0v) is 12.1. The highest BCUT2D eigenvalue weighted by molar-refractivity contribution is 7.86. The number of nitrogens with zero attached hydrogens (tertiary/aromatic N) is 1. The first-order valence-corrected chi connectivity index (χ1v) is 7.42. The van der Waals surface area contributed by atoms with E-state index in [1.165, 1.54) is 36.4 Å². The van der Waals surface area contributed by atoms with Gasteiger partial charge in [0.25, 0.3) is 0 Å². The average molecular weight is 332 g/mol. The molecule has 0 saturated heterocycles. The Labute approximate surface area is 125 Å². The molecule has 1 aromatic rings. The summed E-state index contributed by atoms with van der Waals surface area (Å²) in [6, 6.07) is 3.95. The molecule has 8 heteroatoms. The highest BCUT2D eigenvalue weighted by atomic mass is 35.5. The Morgan fingerprint density at radius 2 is 1.70 bits per heavy atom.